The van der Waals surface area contributed by atoms with Crippen LogP contribution in [0.3, 0.4) is 0 Å². The maximum absolute atomic E-state index is 12.7. The normalized spacial score (nSPS) is 18.1. The Morgan fingerprint density at radius 2 is 1.56 bits per heavy atom. The molecule has 32 heavy (non-hydrogen) atoms. The minimum atomic E-state index is -0.729. The third-order valence-corrected chi connectivity index (χ3v) is 5.47. The summed E-state index contributed by atoms with van der Waals surface area (Å²) in [6.45, 7) is 0.795. The topological polar surface area (TPSA) is 115 Å². The van der Waals surface area contributed by atoms with Crippen molar-refractivity contribution < 1.29 is 33.3 Å². The van der Waals surface area contributed by atoms with Crippen LogP contribution in [0, 0.1) is 0 Å². The number of imide groups is 1. The molecule has 2 N–H and O–H groups in total. The fraction of sp³-hybridized carbons (Fsp3) is 0.318. The molecule has 10 heteroatoms. The number of amides is 4. The van der Waals surface area contributed by atoms with Crippen LogP contribution in [0.15, 0.2) is 36.4 Å². The molecule has 3 aliphatic heterocycles. The van der Waals surface area contributed by atoms with E-state index in [1.54, 1.807) is 24.3 Å². The van der Waals surface area contributed by atoms with Gasteiger partial charge in [-0.2, -0.15) is 0 Å². The molecular weight excluding hydrogens is 418 g/mol. The van der Waals surface area contributed by atoms with Gasteiger partial charge in [0.25, 0.3) is 5.91 Å². The van der Waals surface area contributed by atoms with Gasteiger partial charge >= 0.3 is 6.03 Å². The van der Waals surface area contributed by atoms with Crippen molar-refractivity contribution in [2.75, 3.05) is 13.6 Å². The smallest absolute Gasteiger partial charge is 0.325 e. The Balaban J connectivity index is 1.11. The van der Waals surface area contributed by atoms with Crippen molar-refractivity contribution in [1.82, 2.24) is 15.5 Å². The summed E-state index contributed by atoms with van der Waals surface area (Å²) in [5.41, 5.74) is 1.63. The lowest BCUT2D eigenvalue weighted by molar-refractivity contribution is -0.128. The number of carbonyl (C=O) groups excluding carboxylic acids is 3. The number of hydrogen-bond acceptors (Lipinski definition) is 7. The number of ether oxygens (including phenoxy) is 4. The second kappa shape index (κ2) is 8.29. The first-order chi connectivity index (χ1) is 15.6. The van der Waals surface area contributed by atoms with Crippen molar-refractivity contribution in [3.63, 3.8) is 0 Å². The second-order valence-electron chi connectivity index (χ2n) is 7.62. The molecule has 0 aromatic heterocycles. The summed E-state index contributed by atoms with van der Waals surface area (Å²) in [4.78, 5) is 38.4. The fourth-order valence-electron chi connectivity index (χ4n) is 3.76. The fourth-order valence-corrected chi connectivity index (χ4v) is 3.76. The molecule has 3 heterocycles. The molecule has 1 fully saturated rings. The summed E-state index contributed by atoms with van der Waals surface area (Å²) in [6, 6.07) is 9.54. The maximum atomic E-state index is 12.7. The number of urea groups is 1. The van der Waals surface area contributed by atoms with Gasteiger partial charge in [-0.1, -0.05) is 12.1 Å². The number of nitrogens with one attached hydrogen (secondary N) is 2. The molecular formula is C22H21N3O7. The maximum Gasteiger partial charge on any atom is 0.325 e. The minimum Gasteiger partial charge on any atom is -0.454 e. The minimum absolute atomic E-state index is 0.110. The van der Waals surface area contributed by atoms with Crippen LogP contribution in [-0.4, -0.2) is 42.4 Å². The van der Waals surface area contributed by atoms with Gasteiger partial charge in [0.2, 0.25) is 19.5 Å². The molecule has 0 unspecified atom stereocenters. The molecule has 0 radical (unpaired) electrons. The molecule has 4 amide bonds. The third-order valence-electron chi connectivity index (χ3n) is 5.47. The molecule has 0 saturated carbocycles. The lowest BCUT2D eigenvalue weighted by Gasteiger charge is -2.13. The number of carbonyl (C=O) groups is 3. The van der Waals surface area contributed by atoms with Crippen molar-refractivity contribution >= 4 is 17.8 Å². The average Bonchev–Trinajstić information content (AvgIpc) is 3.51. The lowest BCUT2D eigenvalue weighted by Crippen LogP contribution is -2.32. The summed E-state index contributed by atoms with van der Waals surface area (Å²) in [5, 5.41) is 5.47. The first-order valence-electron chi connectivity index (χ1n) is 10.2. The Bertz CT molecular complexity index is 1090. The van der Waals surface area contributed by atoms with E-state index in [9.17, 15) is 14.4 Å². The summed E-state index contributed by atoms with van der Waals surface area (Å²) in [6.07, 6.45) is 0.328. The van der Waals surface area contributed by atoms with Gasteiger partial charge in [0.1, 0.15) is 6.04 Å². The Morgan fingerprint density at radius 3 is 2.28 bits per heavy atom. The van der Waals surface area contributed by atoms with E-state index in [1.165, 1.54) is 0 Å². The van der Waals surface area contributed by atoms with E-state index < -0.39 is 12.1 Å². The van der Waals surface area contributed by atoms with Crippen LogP contribution in [0.4, 0.5) is 4.79 Å². The Kier molecular flexibility index (Phi) is 5.18. The van der Waals surface area contributed by atoms with Crippen LogP contribution in [0.25, 0.3) is 0 Å². The predicted molar refractivity (Wildman–Crippen MR) is 109 cm³/mol. The lowest BCUT2D eigenvalue weighted by atomic mass is 10.1. The van der Waals surface area contributed by atoms with E-state index in [1.807, 2.05) is 12.1 Å². The van der Waals surface area contributed by atoms with Crippen molar-refractivity contribution in [3.05, 3.63) is 47.5 Å². The van der Waals surface area contributed by atoms with E-state index in [4.69, 9.17) is 18.9 Å². The molecule has 5 rings (SSSR count). The Morgan fingerprint density at radius 1 is 0.938 bits per heavy atom. The van der Waals surface area contributed by atoms with Crippen LogP contribution in [0.2, 0.25) is 0 Å². The molecule has 1 saturated heterocycles. The Labute approximate surface area is 183 Å². The SMILES string of the molecule is O=C(CC[C@H]1NC(=O)N(Cc2ccc3c(c2)OCO3)C1=O)NCc1ccc2c(c1)OCO2. The van der Waals surface area contributed by atoms with Crippen molar-refractivity contribution in [1.29, 1.82) is 0 Å². The van der Waals surface area contributed by atoms with Crippen molar-refractivity contribution in [2.24, 2.45) is 0 Å². The van der Waals surface area contributed by atoms with Crippen LogP contribution in [0.5, 0.6) is 23.0 Å². The van der Waals surface area contributed by atoms with Gasteiger partial charge in [-0.15, -0.1) is 0 Å². The van der Waals surface area contributed by atoms with E-state index in [2.05, 4.69) is 10.6 Å². The van der Waals surface area contributed by atoms with Gasteiger partial charge in [-0.3, -0.25) is 14.5 Å². The molecule has 0 bridgehead atoms. The zero-order valence-electron chi connectivity index (χ0n) is 17.1. The molecule has 0 spiro atoms. The highest BCUT2D eigenvalue weighted by Gasteiger charge is 2.38. The largest absolute Gasteiger partial charge is 0.454 e. The average molecular weight is 439 g/mol. The van der Waals surface area contributed by atoms with Crippen molar-refractivity contribution in [3.8, 4) is 23.0 Å². The number of rotatable bonds is 7. The van der Waals surface area contributed by atoms with Crippen molar-refractivity contribution in [2.45, 2.75) is 32.0 Å². The van der Waals surface area contributed by atoms with E-state index >= 15 is 0 Å². The molecule has 166 valence electrons. The molecule has 3 aliphatic rings. The first-order valence-corrected chi connectivity index (χ1v) is 10.2. The molecule has 2 aromatic rings. The molecule has 1 atom stereocenters. The van der Waals surface area contributed by atoms with Crippen LogP contribution in [0.1, 0.15) is 24.0 Å². The van der Waals surface area contributed by atoms with Gasteiger partial charge in [0.15, 0.2) is 23.0 Å². The Hall–Kier alpha value is -3.95. The van der Waals surface area contributed by atoms with Crippen LogP contribution in [-0.2, 0) is 22.7 Å². The van der Waals surface area contributed by atoms with E-state index in [0.717, 1.165) is 16.0 Å². The summed E-state index contributed by atoms with van der Waals surface area (Å²) < 4.78 is 21.2. The van der Waals surface area contributed by atoms with Crippen LogP contribution >= 0.6 is 0 Å². The highest BCUT2D eigenvalue weighted by molar-refractivity contribution is 6.04. The second-order valence-corrected chi connectivity index (χ2v) is 7.62. The van der Waals surface area contributed by atoms with Gasteiger partial charge in [-0.25, -0.2) is 4.79 Å². The zero-order valence-corrected chi connectivity index (χ0v) is 17.1. The van der Waals surface area contributed by atoms with E-state index in [0.29, 0.717) is 29.5 Å². The van der Waals surface area contributed by atoms with Gasteiger partial charge in [-0.05, 0) is 41.8 Å². The number of fused-ring (bicyclic) bond motifs is 2. The van der Waals surface area contributed by atoms with E-state index in [-0.39, 0.29) is 44.8 Å². The molecule has 0 aliphatic carbocycles. The number of hydrogen-bond donors (Lipinski definition) is 2. The van der Waals surface area contributed by atoms with Crippen LogP contribution < -0.4 is 29.6 Å². The number of nitrogens with zero attached hydrogens (tertiary/aromatic N) is 1. The third kappa shape index (κ3) is 3.98. The quantitative estimate of drug-likeness (QED) is 0.631. The first kappa shape index (κ1) is 20.0. The van der Waals surface area contributed by atoms with Gasteiger partial charge in [0.05, 0.1) is 6.54 Å². The summed E-state index contributed by atoms with van der Waals surface area (Å²) in [7, 11) is 0. The summed E-state index contributed by atoms with van der Waals surface area (Å²) in [5.74, 6) is 2.00. The highest BCUT2D eigenvalue weighted by Crippen LogP contribution is 2.33. The molecule has 10 nitrogen and oxygen atoms in total. The summed E-state index contributed by atoms with van der Waals surface area (Å²) >= 11 is 0. The van der Waals surface area contributed by atoms with Gasteiger partial charge < -0.3 is 29.6 Å². The standard InChI is InChI=1S/C22H21N3O7/c26-20(23-9-13-1-4-16-18(7-13)31-11-29-16)6-3-15-21(27)25(22(28)24-15)10-14-2-5-17-19(8-14)32-12-30-17/h1-2,4-5,7-8,15H,3,6,9-12H2,(H,23,26)(H,24,28)/t15-/m1/s1. The predicted octanol–water partition coefficient (Wildman–Crippen LogP) is 1.66. The highest BCUT2D eigenvalue weighted by atomic mass is 16.7. The van der Waals surface area contributed by atoms with Gasteiger partial charge in [0, 0.05) is 13.0 Å². The molecule has 2 aromatic carbocycles. The zero-order chi connectivity index (χ0) is 22.1. The number of benzene rings is 2. The monoisotopic (exact) mass is 439 g/mol.